The van der Waals surface area contributed by atoms with Crippen molar-refractivity contribution >= 4 is 41.2 Å². The normalized spacial score (nSPS) is 16.0. The molecule has 3 heterocycles. The van der Waals surface area contributed by atoms with Gasteiger partial charge in [0, 0.05) is 29.1 Å². The first-order valence-electron chi connectivity index (χ1n) is 21.2. The monoisotopic (exact) mass is 867 g/mol. The van der Waals surface area contributed by atoms with Crippen molar-refractivity contribution in [3.05, 3.63) is 106 Å². The molecule has 62 heavy (non-hydrogen) atoms. The molecule has 6 amide bonds. The maximum absolute atomic E-state index is 14.6. The first-order valence-corrected chi connectivity index (χ1v) is 22.1. The molecule has 1 saturated heterocycles. The number of aromatic nitrogens is 2. The number of hydrogen-bond donors (Lipinski definition) is 4. The van der Waals surface area contributed by atoms with E-state index in [-0.39, 0.29) is 37.8 Å². The van der Waals surface area contributed by atoms with Crippen LogP contribution in [0.1, 0.15) is 89.1 Å². The Kier molecular flexibility index (Phi) is 16.4. The van der Waals surface area contributed by atoms with Crippen LogP contribution >= 0.6 is 11.3 Å². The molecular formula is C47H61N7O7S. The molecule has 0 bridgehead atoms. The number of hydrogen-bond acceptors (Lipinski definition) is 10. The van der Waals surface area contributed by atoms with Crippen LogP contribution in [0.4, 0.5) is 9.59 Å². The van der Waals surface area contributed by atoms with Crippen molar-refractivity contribution in [2.24, 2.45) is 11.3 Å². The predicted molar refractivity (Wildman–Crippen MR) is 239 cm³/mol. The van der Waals surface area contributed by atoms with Crippen LogP contribution in [0.2, 0.25) is 0 Å². The molecule has 14 nitrogen and oxygen atoms in total. The lowest BCUT2D eigenvalue weighted by atomic mass is 9.85. The van der Waals surface area contributed by atoms with E-state index < -0.39 is 65.5 Å². The van der Waals surface area contributed by atoms with Crippen LogP contribution in [0.3, 0.4) is 0 Å². The highest BCUT2D eigenvalue weighted by molar-refractivity contribution is 7.09. The zero-order chi connectivity index (χ0) is 45.1. The van der Waals surface area contributed by atoms with E-state index in [1.165, 1.54) is 23.3 Å². The summed E-state index contributed by atoms with van der Waals surface area (Å²) in [4.78, 5) is 79.9. The first kappa shape index (κ1) is 47.4. The van der Waals surface area contributed by atoms with Gasteiger partial charge < -0.3 is 30.7 Å². The van der Waals surface area contributed by atoms with Crippen molar-refractivity contribution in [2.45, 2.75) is 117 Å². The number of rotatable bonds is 19. The summed E-state index contributed by atoms with van der Waals surface area (Å²) < 4.78 is 4.83. The van der Waals surface area contributed by atoms with Crippen LogP contribution in [-0.2, 0) is 38.5 Å². The van der Waals surface area contributed by atoms with Crippen molar-refractivity contribution in [3.8, 4) is 11.3 Å². The van der Waals surface area contributed by atoms with E-state index in [0.29, 0.717) is 18.5 Å². The summed E-state index contributed by atoms with van der Waals surface area (Å²) in [7, 11) is 1.23. The lowest BCUT2D eigenvalue weighted by Crippen LogP contribution is -2.58. The number of carbonyl (C=O) groups excluding carboxylic acids is 5. The van der Waals surface area contributed by atoms with Crippen molar-refractivity contribution in [1.82, 2.24) is 35.7 Å². The summed E-state index contributed by atoms with van der Waals surface area (Å²) in [6, 6.07) is 18.8. The van der Waals surface area contributed by atoms with E-state index >= 15 is 0 Å². The van der Waals surface area contributed by atoms with Crippen molar-refractivity contribution in [3.63, 3.8) is 0 Å². The van der Waals surface area contributed by atoms with Gasteiger partial charge in [0.1, 0.15) is 18.6 Å². The predicted octanol–water partition coefficient (Wildman–Crippen LogP) is 6.48. The third kappa shape index (κ3) is 12.5. The van der Waals surface area contributed by atoms with Crippen molar-refractivity contribution < 1.29 is 33.8 Å². The quantitative estimate of drug-likeness (QED) is 0.0767. The topological polar surface area (TPSA) is 183 Å². The zero-order valence-corrected chi connectivity index (χ0v) is 37.8. The minimum atomic E-state index is -1.20. The fourth-order valence-corrected chi connectivity index (χ4v) is 8.35. The summed E-state index contributed by atoms with van der Waals surface area (Å²) in [6.45, 7) is 13.0. The Bertz CT molecular complexity index is 2130. The molecule has 0 aliphatic carbocycles. The Morgan fingerprint density at radius 2 is 1.56 bits per heavy atom. The number of imide groups is 1. The minimum Gasteiger partial charge on any atom is -0.453 e. The summed E-state index contributed by atoms with van der Waals surface area (Å²) in [5.74, 6) is -1.53. The Morgan fingerprint density at radius 1 is 0.887 bits per heavy atom. The third-order valence-corrected chi connectivity index (χ3v) is 12.4. The van der Waals surface area contributed by atoms with Gasteiger partial charge in [0.25, 0.3) is 5.91 Å². The number of ether oxygens (including phenoxy) is 1. The van der Waals surface area contributed by atoms with Gasteiger partial charge in [0.15, 0.2) is 0 Å². The van der Waals surface area contributed by atoms with Crippen LogP contribution < -0.4 is 16.0 Å². The Labute approximate surface area is 368 Å². The highest BCUT2D eigenvalue weighted by Gasteiger charge is 2.45. The lowest BCUT2D eigenvalue weighted by molar-refractivity contribution is -0.130. The van der Waals surface area contributed by atoms with Crippen LogP contribution in [-0.4, -0.2) is 98.6 Å². The van der Waals surface area contributed by atoms with Crippen LogP contribution in [0, 0.1) is 11.3 Å². The molecule has 2 aromatic carbocycles. The van der Waals surface area contributed by atoms with Gasteiger partial charge in [-0.2, -0.15) is 0 Å². The molecule has 0 radical (unpaired) electrons. The van der Waals surface area contributed by atoms with Crippen molar-refractivity contribution in [2.75, 3.05) is 13.7 Å². The van der Waals surface area contributed by atoms with Gasteiger partial charge in [0.2, 0.25) is 11.8 Å². The number of aliphatic hydroxyl groups excluding tert-OH is 1. The number of pyridine rings is 1. The summed E-state index contributed by atoms with van der Waals surface area (Å²) in [6.07, 6.45) is 0.846. The molecule has 2 aromatic heterocycles. The second-order valence-corrected chi connectivity index (χ2v) is 18.3. The third-order valence-electron chi connectivity index (χ3n) is 11.2. The maximum atomic E-state index is 14.6. The highest BCUT2D eigenvalue weighted by atomic mass is 32.1. The van der Waals surface area contributed by atoms with Gasteiger partial charge in [-0.05, 0) is 53.9 Å². The van der Waals surface area contributed by atoms with E-state index in [0.717, 1.165) is 32.3 Å². The summed E-state index contributed by atoms with van der Waals surface area (Å²) in [5, 5.41) is 23.8. The van der Waals surface area contributed by atoms with Gasteiger partial charge >= 0.3 is 12.1 Å². The van der Waals surface area contributed by atoms with Crippen LogP contribution in [0.5, 0.6) is 0 Å². The molecule has 1 unspecified atom stereocenters. The van der Waals surface area contributed by atoms with Gasteiger partial charge in [0.05, 0.1) is 42.2 Å². The SMILES string of the molecule is CCC(C)[C@@H](C(=O)N[C@@H](Cc1ccccc1)[C@@H](O)C[C@H](Cc1ccc(-c2ccccn2)cc1)NC(=O)[C@@H](NC(=O)OC)C(C)(C)C)N1CC(=O)N(Cc2csc(C(C)C)n2)C1=O. The number of carbonyl (C=O) groups is 5. The van der Waals surface area contributed by atoms with Crippen LogP contribution in [0.25, 0.3) is 11.3 Å². The average molecular weight is 868 g/mol. The van der Waals surface area contributed by atoms with E-state index in [1.54, 1.807) is 6.20 Å². The first-order chi connectivity index (χ1) is 29.5. The standard InChI is InChI=1S/C47H61N7O7S/c1-9-30(4)40(54-27-39(56)53(46(54)60)26-35-28-62-44(50-35)29(2)3)42(57)51-37(24-31-15-11-10-12-16-31)38(55)25-34(49-43(58)41(47(5,6)7)52-45(59)61-8)23-32-18-20-33(21-19-32)36-17-13-14-22-48-36/h10-22,28-30,34,37-38,40-41,55H,9,23-27H2,1-8H3,(H,49,58)(H,51,57)(H,52,59)/t30?,34-,37-,38-,40-,41+/m0/s1. The molecule has 4 aromatic rings. The second-order valence-electron chi connectivity index (χ2n) is 17.4. The molecule has 15 heteroatoms. The fourth-order valence-electron chi connectivity index (χ4n) is 7.52. The Morgan fingerprint density at radius 3 is 2.16 bits per heavy atom. The van der Waals surface area contributed by atoms with E-state index in [9.17, 15) is 29.1 Å². The van der Waals surface area contributed by atoms with E-state index in [2.05, 4.69) is 25.9 Å². The van der Waals surface area contributed by atoms with Crippen molar-refractivity contribution in [1.29, 1.82) is 0 Å². The van der Waals surface area contributed by atoms with Gasteiger partial charge in [-0.3, -0.25) is 24.3 Å². The Hall–Kier alpha value is -5.67. The number of urea groups is 1. The largest absolute Gasteiger partial charge is 0.453 e. The molecule has 6 atom stereocenters. The minimum absolute atomic E-state index is 0.00573. The molecule has 5 rings (SSSR count). The van der Waals surface area contributed by atoms with Gasteiger partial charge in [-0.15, -0.1) is 11.3 Å². The molecule has 1 fully saturated rings. The number of methoxy groups -OCH3 is 1. The molecular weight excluding hydrogens is 807 g/mol. The van der Waals surface area contributed by atoms with Crippen LogP contribution in [0.15, 0.2) is 84.4 Å². The maximum Gasteiger partial charge on any atom is 0.407 e. The Balaban J connectivity index is 1.42. The van der Waals surface area contributed by atoms with E-state index in [1.807, 2.05) is 127 Å². The number of thiazole rings is 1. The molecule has 0 spiro atoms. The fraction of sp³-hybridized carbons (Fsp3) is 0.468. The lowest BCUT2D eigenvalue weighted by Gasteiger charge is -2.35. The smallest absolute Gasteiger partial charge is 0.407 e. The number of amides is 6. The summed E-state index contributed by atoms with van der Waals surface area (Å²) >= 11 is 1.48. The average Bonchev–Trinajstić information content (AvgIpc) is 3.83. The number of aliphatic hydroxyl groups is 1. The molecule has 0 saturated carbocycles. The highest BCUT2D eigenvalue weighted by Crippen LogP contribution is 2.27. The number of nitrogens with one attached hydrogen (secondary N) is 3. The van der Waals surface area contributed by atoms with E-state index in [4.69, 9.17) is 4.74 Å². The van der Waals surface area contributed by atoms with Gasteiger partial charge in [-0.25, -0.2) is 14.6 Å². The second kappa shape index (κ2) is 21.4. The van der Waals surface area contributed by atoms with Gasteiger partial charge in [-0.1, -0.05) is 116 Å². The molecule has 1 aliphatic heterocycles. The number of alkyl carbamates (subject to hydrolysis) is 1. The number of nitrogens with zero attached hydrogens (tertiary/aromatic N) is 4. The number of benzene rings is 2. The zero-order valence-electron chi connectivity index (χ0n) is 37.0. The molecule has 332 valence electrons. The summed E-state index contributed by atoms with van der Waals surface area (Å²) in [5.41, 5.74) is 3.34. The molecule has 4 N–H and O–H groups in total. The molecule has 1 aliphatic rings.